The molecule has 0 bridgehead atoms. The Hall–Kier alpha value is -1.06. The second kappa shape index (κ2) is 7.51. The van der Waals surface area contributed by atoms with Gasteiger partial charge in [0.25, 0.3) is 6.43 Å². The minimum absolute atomic E-state index is 0.108. The molecule has 110 valence electrons. The maximum absolute atomic E-state index is 12.1. The molecule has 0 atom stereocenters. The van der Waals surface area contributed by atoms with Crippen LogP contribution < -0.4 is 10.0 Å². The summed E-state index contributed by atoms with van der Waals surface area (Å²) in [6, 6.07) is 0. The average Bonchev–Trinajstić information content (AvgIpc) is 2.77. The maximum atomic E-state index is 12.1. The van der Waals surface area contributed by atoms with Crippen LogP contribution in [-0.4, -0.2) is 44.3 Å². The van der Waals surface area contributed by atoms with Gasteiger partial charge in [-0.15, -0.1) is 0 Å². The van der Waals surface area contributed by atoms with Gasteiger partial charge in [0.1, 0.15) is 11.4 Å². The van der Waals surface area contributed by atoms with E-state index in [4.69, 9.17) is 0 Å². The molecular formula is C10H18F2N4O2S. The molecule has 0 saturated heterocycles. The Kier molecular flexibility index (Phi) is 6.32. The summed E-state index contributed by atoms with van der Waals surface area (Å²) in [6.45, 7) is 2.96. The summed E-state index contributed by atoms with van der Waals surface area (Å²) in [5.41, 5.74) is 0. The third-order valence-corrected chi connectivity index (χ3v) is 3.68. The van der Waals surface area contributed by atoms with Crippen molar-refractivity contribution in [3.05, 3.63) is 12.4 Å². The molecule has 19 heavy (non-hydrogen) atoms. The fourth-order valence-electron chi connectivity index (χ4n) is 1.38. The number of halogens is 2. The second-order valence-corrected chi connectivity index (χ2v) is 5.70. The van der Waals surface area contributed by atoms with Crippen molar-refractivity contribution in [2.45, 2.75) is 31.2 Å². The van der Waals surface area contributed by atoms with E-state index in [2.05, 4.69) is 15.1 Å². The van der Waals surface area contributed by atoms with Crippen molar-refractivity contribution in [2.24, 2.45) is 0 Å². The van der Waals surface area contributed by atoms with Crippen molar-refractivity contribution in [2.75, 3.05) is 19.6 Å². The van der Waals surface area contributed by atoms with Crippen molar-refractivity contribution in [3.8, 4) is 0 Å². The summed E-state index contributed by atoms with van der Waals surface area (Å²) in [6.07, 6.45) is 0.548. The molecule has 0 aromatic carbocycles. The van der Waals surface area contributed by atoms with Gasteiger partial charge in [-0.3, -0.25) is 4.68 Å². The number of nitrogens with one attached hydrogen (secondary N) is 2. The number of hydrogen-bond donors (Lipinski definition) is 2. The molecule has 0 fully saturated rings. The highest BCUT2D eigenvalue weighted by molar-refractivity contribution is 7.89. The molecule has 0 saturated carbocycles. The van der Waals surface area contributed by atoms with E-state index in [1.807, 2.05) is 6.92 Å². The first-order chi connectivity index (χ1) is 8.95. The van der Waals surface area contributed by atoms with Gasteiger partial charge in [-0.25, -0.2) is 21.9 Å². The van der Waals surface area contributed by atoms with Crippen LogP contribution in [0.3, 0.4) is 0 Å². The van der Waals surface area contributed by atoms with Crippen molar-refractivity contribution in [1.82, 2.24) is 19.8 Å². The molecule has 6 nitrogen and oxygen atoms in total. The van der Waals surface area contributed by atoms with Crippen LogP contribution in [0.25, 0.3) is 0 Å². The third-order valence-electron chi connectivity index (χ3n) is 2.27. The second-order valence-electron chi connectivity index (χ2n) is 3.94. The van der Waals surface area contributed by atoms with Crippen molar-refractivity contribution < 1.29 is 17.2 Å². The fourth-order valence-corrected chi connectivity index (χ4v) is 2.37. The van der Waals surface area contributed by atoms with Crippen LogP contribution in [0, 0.1) is 0 Å². The Bertz CT molecular complexity index is 476. The largest absolute Gasteiger partial charge is 0.315 e. The maximum Gasteiger partial charge on any atom is 0.257 e. The minimum atomic E-state index is -3.68. The molecule has 0 radical (unpaired) electrons. The van der Waals surface area contributed by atoms with Crippen LogP contribution in [0.5, 0.6) is 0 Å². The lowest BCUT2D eigenvalue weighted by Gasteiger charge is -2.05. The van der Waals surface area contributed by atoms with Crippen molar-refractivity contribution in [3.63, 3.8) is 0 Å². The van der Waals surface area contributed by atoms with Gasteiger partial charge < -0.3 is 5.32 Å². The van der Waals surface area contributed by atoms with Crippen LogP contribution in [0.15, 0.2) is 17.3 Å². The number of rotatable bonds is 9. The van der Waals surface area contributed by atoms with E-state index < -0.39 is 23.0 Å². The van der Waals surface area contributed by atoms with Gasteiger partial charge in [-0.1, -0.05) is 6.92 Å². The number of hydrogen-bond acceptors (Lipinski definition) is 4. The van der Waals surface area contributed by atoms with Crippen molar-refractivity contribution >= 4 is 10.0 Å². The van der Waals surface area contributed by atoms with Gasteiger partial charge >= 0.3 is 0 Å². The first-order valence-corrected chi connectivity index (χ1v) is 7.45. The monoisotopic (exact) mass is 296 g/mol. The Morgan fingerprint density at radius 1 is 1.37 bits per heavy atom. The summed E-state index contributed by atoms with van der Waals surface area (Å²) >= 11 is 0. The fraction of sp³-hybridized carbons (Fsp3) is 0.700. The number of sulfonamides is 1. The van der Waals surface area contributed by atoms with Gasteiger partial charge in [0.15, 0.2) is 0 Å². The number of nitrogens with zero attached hydrogens (tertiary/aromatic N) is 2. The SMILES string of the molecule is CCCNCCNS(=O)(=O)c1cnn(CC(F)F)c1. The normalized spacial score (nSPS) is 12.2. The third kappa shape index (κ3) is 5.62. The molecule has 0 aliphatic carbocycles. The topological polar surface area (TPSA) is 76.0 Å². The smallest absolute Gasteiger partial charge is 0.257 e. The standard InChI is InChI=1S/C10H18F2N4O2S/c1-2-3-13-4-5-15-19(17,18)9-6-14-16(7-9)8-10(11)12/h6-7,10,13,15H,2-5,8H2,1H3. The Morgan fingerprint density at radius 2 is 2.11 bits per heavy atom. The molecule has 1 aromatic heterocycles. The molecular weight excluding hydrogens is 278 g/mol. The molecule has 1 heterocycles. The Balaban J connectivity index is 2.50. The summed E-state index contributed by atoms with van der Waals surface area (Å²) in [5, 5.41) is 6.63. The van der Waals surface area contributed by atoms with Crippen LogP contribution >= 0.6 is 0 Å². The number of aromatic nitrogens is 2. The van der Waals surface area contributed by atoms with Crippen LogP contribution in [0.1, 0.15) is 13.3 Å². The molecule has 1 aromatic rings. The molecule has 0 aliphatic rings. The van der Waals surface area contributed by atoms with Gasteiger partial charge in [-0.05, 0) is 13.0 Å². The molecule has 9 heteroatoms. The van der Waals surface area contributed by atoms with E-state index in [9.17, 15) is 17.2 Å². The lowest BCUT2D eigenvalue weighted by molar-refractivity contribution is 0.121. The van der Waals surface area contributed by atoms with Crippen LogP contribution in [-0.2, 0) is 16.6 Å². The predicted molar refractivity (Wildman–Crippen MR) is 66.6 cm³/mol. The van der Waals surface area contributed by atoms with E-state index >= 15 is 0 Å². The predicted octanol–water partition coefficient (Wildman–Crippen LogP) is 0.426. The summed E-state index contributed by atoms with van der Waals surface area (Å²) in [4.78, 5) is -0.108. The highest BCUT2D eigenvalue weighted by Crippen LogP contribution is 2.07. The van der Waals surface area contributed by atoms with E-state index in [0.29, 0.717) is 6.54 Å². The molecule has 2 N–H and O–H groups in total. The average molecular weight is 296 g/mol. The van der Waals surface area contributed by atoms with E-state index in [-0.39, 0.29) is 11.4 Å². The van der Waals surface area contributed by atoms with Crippen molar-refractivity contribution in [1.29, 1.82) is 0 Å². The quantitative estimate of drug-likeness (QED) is 0.648. The number of alkyl halides is 2. The zero-order chi connectivity index (χ0) is 14.3. The van der Waals surface area contributed by atoms with Gasteiger partial charge in [0, 0.05) is 19.3 Å². The zero-order valence-corrected chi connectivity index (χ0v) is 11.5. The lowest BCUT2D eigenvalue weighted by atomic mass is 10.5. The molecule has 0 aliphatic heterocycles. The van der Waals surface area contributed by atoms with Gasteiger partial charge in [0.05, 0.1) is 6.20 Å². The first kappa shape index (κ1) is 16.0. The zero-order valence-electron chi connectivity index (χ0n) is 10.6. The first-order valence-electron chi connectivity index (χ1n) is 5.96. The molecule has 1 rings (SSSR count). The van der Waals surface area contributed by atoms with E-state index in [1.165, 1.54) is 0 Å². The van der Waals surface area contributed by atoms with Crippen LogP contribution in [0.4, 0.5) is 8.78 Å². The van der Waals surface area contributed by atoms with Crippen LogP contribution in [0.2, 0.25) is 0 Å². The van der Waals surface area contributed by atoms with E-state index in [0.717, 1.165) is 30.0 Å². The highest BCUT2D eigenvalue weighted by Gasteiger charge is 2.16. The molecule has 0 unspecified atom stereocenters. The summed E-state index contributed by atoms with van der Waals surface area (Å²) < 4.78 is 51.1. The van der Waals surface area contributed by atoms with E-state index in [1.54, 1.807) is 0 Å². The molecule has 0 spiro atoms. The van der Waals surface area contributed by atoms with Gasteiger partial charge in [-0.2, -0.15) is 5.10 Å². The minimum Gasteiger partial charge on any atom is -0.315 e. The molecule has 0 amide bonds. The van der Waals surface area contributed by atoms with Gasteiger partial charge in [0.2, 0.25) is 10.0 Å². The highest BCUT2D eigenvalue weighted by atomic mass is 32.2. The Morgan fingerprint density at radius 3 is 2.74 bits per heavy atom. The Labute approximate surface area is 111 Å². The lowest BCUT2D eigenvalue weighted by Crippen LogP contribution is -2.32. The summed E-state index contributed by atoms with van der Waals surface area (Å²) in [5.74, 6) is 0. The summed E-state index contributed by atoms with van der Waals surface area (Å²) in [7, 11) is -3.68.